The van der Waals surface area contributed by atoms with E-state index < -0.39 is 7.26 Å². The van der Waals surface area contributed by atoms with E-state index in [0.29, 0.717) is 0 Å². The molecule has 0 aliphatic carbocycles. The van der Waals surface area contributed by atoms with Crippen LogP contribution < -0.4 is 12.4 Å². The summed E-state index contributed by atoms with van der Waals surface area (Å²) in [6, 6.07) is 0. The Morgan fingerprint density at radius 2 is 0.485 bits per heavy atom. The van der Waals surface area contributed by atoms with E-state index >= 15 is 0 Å². The summed E-state index contributed by atoms with van der Waals surface area (Å²) in [5.41, 5.74) is 0. The normalized spacial score (nSPS) is 11.6. The molecule has 0 spiro atoms. The van der Waals surface area contributed by atoms with E-state index in [4.69, 9.17) is 0 Å². The van der Waals surface area contributed by atoms with Gasteiger partial charge in [-0.25, -0.2) is 0 Å². The average molecular weight is 505 g/mol. The van der Waals surface area contributed by atoms with Gasteiger partial charge in [-0.1, -0.05) is 161 Å². The van der Waals surface area contributed by atoms with Gasteiger partial charge in [0.2, 0.25) is 0 Å². The first-order valence-electron chi connectivity index (χ1n) is 15.4. The molecule has 0 fully saturated rings. The van der Waals surface area contributed by atoms with Crippen molar-refractivity contribution >= 4 is 7.26 Å². The molecule has 0 N–H and O–H groups in total. The van der Waals surface area contributed by atoms with Crippen LogP contribution in [0.5, 0.6) is 0 Å². The number of hydrogen-bond acceptors (Lipinski definition) is 0. The lowest BCUT2D eigenvalue weighted by molar-refractivity contribution is -0.00000741. The molecular formula is C31H66ClP. The molecule has 202 valence electrons. The fourth-order valence-electron chi connectivity index (χ4n) is 4.90. The van der Waals surface area contributed by atoms with Crippen molar-refractivity contribution in [3.63, 3.8) is 0 Å². The summed E-state index contributed by atoms with van der Waals surface area (Å²) in [4.78, 5) is 0. The molecule has 0 rings (SSSR count). The van der Waals surface area contributed by atoms with Crippen molar-refractivity contribution in [3.8, 4) is 0 Å². The van der Waals surface area contributed by atoms with Crippen LogP contribution in [0.15, 0.2) is 0 Å². The molecule has 0 unspecified atom stereocenters. The van der Waals surface area contributed by atoms with E-state index in [-0.39, 0.29) is 12.4 Å². The number of halogens is 1. The molecule has 2 heteroatoms. The highest BCUT2D eigenvalue weighted by atomic mass is 35.5. The highest BCUT2D eigenvalue weighted by Crippen LogP contribution is 2.47. The second kappa shape index (κ2) is 29.0. The number of rotatable bonds is 27. The Bertz CT molecular complexity index is 336. The summed E-state index contributed by atoms with van der Waals surface area (Å²) in [6.45, 7) is 9.74. The lowest BCUT2D eigenvalue weighted by Crippen LogP contribution is -3.00. The second-order valence-corrected chi connectivity index (χ2v) is 16.9. The zero-order chi connectivity index (χ0) is 23.6. The third-order valence-corrected chi connectivity index (χ3v) is 8.84. The van der Waals surface area contributed by atoms with E-state index in [0.717, 1.165) is 0 Å². The van der Waals surface area contributed by atoms with Gasteiger partial charge in [-0.15, -0.1) is 0 Å². The van der Waals surface area contributed by atoms with Gasteiger partial charge in [-0.05, 0) is 12.8 Å². The average Bonchev–Trinajstić information content (AvgIpc) is 2.75. The summed E-state index contributed by atoms with van der Waals surface area (Å²) in [5, 5.41) is 0. The van der Waals surface area contributed by atoms with Gasteiger partial charge in [0.15, 0.2) is 0 Å². The van der Waals surface area contributed by atoms with Gasteiger partial charge in [0.25, 0.3) is 0 Å². The lowest BCUT2D eigenvalue weighted by atomic mass is 10.0. The first kappa shape index (κ1) is 35.9. The van der Waals surface area contributed by atoms with Crippen LogP contribution >= 0.6 is 7.26 Å². The molecule has 0 heterocycles. The van der Waals surface area contributed by atoms with E-state index in [1.807, 2.05) is 0 Å². The highest BCUT2D eigenvalue weighted by molar-refractivity contribution is 7.73. The van der Waals surface area contributed by atoms with Crippen LogP contribution in [0.2, 0.25) is 0 Å². The Morgan fingerprint density at radius 3 is 0.667 bits per heavy atom. The van der Waals surface area contributed by atoms with Crippen molar-refractivity contribution < 1.29 is 12.4 Å². The molecule has 0 amide bonds. The van der Waals surface area contributed by atoms with Crippen LogP contribution in [0.4, 0.5) is 0 Å². The number of unbranched alkanes of at least 4 members (excludes halogenated alkanes) is 25. The molecule has 0 aromatic heterocycles. The Hall–Kier alpha value is 0.720. The third kappa shape index (κ3) is 35.0. The van der Waals surface area contributed by atoms with E-state index in [1.165, 1.54) is 173 Å². The summed E-state index contributed by atoms with van der Waals surface area (Å²) >= 11 is 0. The topological polar surface area (TPSA) is 0 Å². The summed E-state index contributed by atoms with van der Waals surface area (Å²) in [6.07, 6.45) is 40.1. The minimum Gasteiger partial charge on any atom is -1.00 e. The van der Waals surface area contributed by atoms with Crippen molar-refractivity contribution in [2.45, 2.75) is 174 Å². The Labute approximate surface area is 219 Å². The zero-order valence-electron chi connectivity index (χ0n) is 23.9. The number of hydrogen-bond donors (Lipinski definition) is 0. The summed E-state index contributed by atoms with van der Waals surface area (Å²) in [7, 11) is -0.515. The largest absolute Gasteiger partial charge is 1.00 e. The maximum absolute atomic E-state index is 2.48. The van der Waals surface area contributed by atoms with Gasteiger partial charge < -0.3 is 12.4 Å². The van der Waals surface area contributed by atoms with Crippen molar-refractivity contribution in [1.29, 1.82) is 0 Å². The molecule has 0 aliphatic heterocycles. The predicted molar refractivity (Wildman–Crippen MR) is 155 cm³/mol. The van der Waals surface area contributed by atoms with Gasteiger partial charge in [0.05, 0.1) is 6.16 Å². The minimum atomic E-state index is -0.515. The fraction of sp³-hybridized carbons (Fsp3) is 1.00. The van der Waals surface area contributed by atoms with Crippen molar-refractivity contribution in [2.24, 2.45) is 0 Å². The van der Waals surface area contributed by atoms with Crippen molar-refractivity contribution in [2.75, 3.05) is 26.2 Å². The van der Waals surface area contributed by atoms with Gasteiger partial charge in [-0.3, -0.25) is 0 Å². The molecule has 0 aliphatic rings. The van der Waals surface area contributed by atoms with Gasteiger partial charge in [-0.2, -0.15) is 0 Å². The fourth-order valence-corrected chi connectivity index (χ4v) is 6.07. The monoisotopic (exact) mass is 504 g/mol. The quantitative estimate of drug-likeness (QED) is 0.0772. The molecule has 0 aromatic carbocycles. The Balaban J connectivity index is 0. The third-order valence-electron chi connectivity index (χ3n) is 7.18. The summed E-state index contributed by atoms with van der Waals surface area (Å²) in [5.74, 6) is 0. The molecule has 0 bridgehead atoms. The molecular weight excluding hydrogens is 439 g/mol. The van der Waals surface area contributed by atoms with Crippen molar-refractivity contribution in [1.82, 2.24) is 0 Å². The molecule has 0 nitrogen and oxygen atoms in total. The minimum absolute atomic E-state index is 0. The van der Waals surface area contributed by atoms with Crippen LogP contribution in [0.1, 0.15) is 174 Å². The molecule has 0 aromatic rings. The molecule has 0 atom stereocenters. The van der Waals surface area contributed by atoms with Crippen LogP contribution in [-0.2, 0) is 0 Å². The maximum Gasteiger partial charge on any atom is 0.0586 e. The molecule has 33 heavy (non-hydrogen) atoms. The Morgan fingerprint density at radius 1 is 0.303 bits per heavy atom. The van der Waals surface area contributed by atoms with Crippen LogP contribution in [-0.4, -0.2) is 26.2 Å². The highest BCUT2D eigenvalue weighted by Gasteiger charge is 2.15. The zero-order valence-corrected chi connectivity index (χ0v) is 25.6. The SMILES string of the molecule is CCCCCCCCCCCCCCCCCCCCCCCCCCCC[P+](C)(C)C.[Cl-]. The standard InChI is InChI=1S/C31H66P.ClH/c1-5-6-7-8-9-10-11-12-13-14-15-16-17-18-19-20-21-22-23-24-25-26-27-28-29-30-31-32(2,3)4;/h5-31H2,1-4H3;1H/q+1;/p-1. The van der Waals surface area contributed by atoms with Gasteiger partial charge in [0, 0.05) is 27.3 Å². The first-order valence-corrected chi connectivity index (χ1v) is 18.7. The maximum atomic E-state index is 2.48. The molecule has 0 saturated heterocycles. The smallest absolute Gasteiger partial charge is 0.0586 e. The van der Waals surface area contributed by atoms with Crippen LogP contribution in [0.3, 0.4) is 0 Å². The van der Waals surface area contributed by atoms with E-state index in [2.05, 4.69) is 26.9 Å². The lowest BCUT2D eigenvalue weighted by Gasteiger charge is -2.10. The van der Waals surface area contributed by atoms with Crippen LogP contribution in [0, 0.1) is 0 Å². The second-order valence-electron chi connectivity index (χ2n) is 11.9. The van der Waals surface area contributed by atoms with E-state index in [9.17, 15) is 0 Å². The molecule has 0 radical (unpaired) electrons. The Kier molecular flexibility index (Phi) is 31.5. The summed E-state index contributed by atoms with van der Waals surface area (Å²) < 4.78 is 0. The van der Waals surface area contributed by atoms with Gasteiger partial charge in [0.1, 0.15) is 0 Å². The van der Waals surface area contributed by atoms with Gasteiger partial charge >= 0.3 is 0 Å². The molecule has 0 saturated carbocycles. The van der Waals surface area contributed by atoms with E-state index in [1.54, 1.807) is 0 Å². The first-order chi connectivity index (χ1) is 15.6. The van der Waals surface area contributed by atoms with Crippen LogP contribution in [0.25, 0.3) is 0 Å². The predicted octanol–water partition coefficient (Wildman–Crippen LogP) is 9.06. The van der Waals surface area contributed by atoms with Crippen molar-refractivity contribution in [3.05, 3.63) is 0 Å².